The Bertz CT molecular complexity index is 1120. The second-order valence-corrected chi connectivity index (χ2v) is 8.75. The maximum atomic E-state index is 12.4. The molecule has 4 rings (SSSR count). The van der Waals surface area contributed by atoms with E-state index in [-0.39, 0.29) is 18.1 Å². The number of nitrogens with zero attached hydrogens (tertiary/aromatic N) is 1. The highest BCUT2D eigenvalue weighted by molar-refractivity contribution is 7.99. The van der Waals surface area contributed by atoms with Gasteiger partial charge < -0.3 is 14.5 Å². The largest absolute Gasteiger partial charge is 0.484 e. The summed E-state index contributed by atoms with van der Waals surface area (Å²) in [5.74, 6) is 2.59. The molecule has 2 heterocycles. The van der Waals surface area contributed by atoms with E-state index >= 15 is 0 Å². The van der Waals surface area contributed by atoms with Crippen LogP contribution in [0.3, 0.4) is 0 Å². The van der Waals surface area contributed by atoms with Crippen molar-refractivity contribution in [2.45, 2.75) is 19.9 Å². The first-order chi connectivity index (χ1) is 15.1. The fourth-order valence-corrected chi connectivity index (χ4v) is 4.68. The van der Waals surface area contributed by atoms with Crippen LogP contribution in [0.2, 0.25) is 0 Å². The number of hydrogen-bond acceptors (Lipinski definition) is 6. The van der Waals surface area contributed by atoms with E-state index in [2.05, 4.69) is 16.3 Å². The van der Waals surface area contributed by atoms with Gasteiger partial charge in [-0.05, 0) is 41.8 Å². The predicted molar refractivity (Wildman–Crippen MR) is 125 cm³/mol. The van der Waals surface area contributed by atoms with Gasteiger partial charge in [-0.25, -0.2) is 4.79 Å². The van der Waals surface area contributed by atoms with Crippen molar-refractivity contribution in [3.63, 3.8) is 0 Å². The van der Waals surface area contributed by atoms with E-state index in [4.69, 9.17) is 9.15 Å². The maximum Gasteiger partial charge on any atom is 0.336 e. The lowest BCUT2D eigenvalue weighted by Crippen LogP contribution is -2.32. The molecule has 0 saturated carbocycles. The van der Waals surface area contributed by atoms with Gasteiger partial charge in [0.15, 0.2) is 6.61 Å². The Kier molecular flexibility index (Phi) is 6.94. The number of fused-ring (bicyclic) bond motifs is 1. The number of carbonyl (C=O) groups is 1. The number of aryl methyl sites for hydroxylation is 1. The third-order valence-corrected chi connectivity index (χ3v) is 6.22. The molecule has 1 N–H and O–H groups in total. The first-order valence-corrected chi connectivity index (χ1v) is 11.6. The van der Waals surface area contributed by atoms with Crippen molar-refractivity contribution in [2.24, 2.45) is 0 Å². The summed E-state index contributed by atoms with van der Waals surface area (Å²) >= 11 is 1.99. The number of amides is 1. The minimum Gasteiger partial charge on any atom is -0.484 e. The first-order valence-electron chi connectivity index (χ1n) is 10.5. The van der Waals surface area contributed by atoms with Gasteiger partial charge in [-0.1, -0.05) is 19.1 Å². The Morgan fingerprint density at radius 1 is 1.16 bits per heavy atom. The Balaban J connectivity index is 1.36. The Labute approximate surface area is 185 Å². The molecule has 31 heavy (non-hydrogen) atoms. The lowest BCUT2D eigenvalue weighted by molar-refractivity contribution is -0.118. The van der Waals surface area contributed by atoms with Gasteiger partial charge in [-0.15, -0.1) is 0 Å². The van der Waals surface area contributed by atoms with Crippen LogP contribution in [0, 0.1) is 0 Å². The van der Waals surface area contributed by atoms with Crippen molar-refractivity contribution in [1.82, 2.24) is 4.90 Å². The normalized spacial score (nSPS) is 14.5. The molecule has 0 unspecified atom stereocenters. The molecule has 1 saturated heterocycles. The topological polar surface area (TPSA) is 71.8 Å². The van der Waals surface area contributed by atoms with Crippen molar-refractivity contribution in [2.75, 3.05) is 36.5 Å². The summed E-state index contributed by atoms with van der Waals surface area (Å²) in [5, 5.41) is 3.77. The lowest BCUT2D eigenvalue weighted by Gasteiger charge is -2.26. The molecule has 1 amide bonds. The predicted octanol–water partition coefficient (Wildman–Crippen LogP) is 3.92. The van der Waals surface area contributed by atoms with E-state index in [1.807, 2.05) is 43.0 Å². The molecule has 1 aliphatic rings. The van der Waals surface area contributed by atoms with Gasteiger partial charge in [0.05, 0.1) is 0 Å². The molecule has 0 atom stereocenters. The number of ether oxygens (including phenoxy) is 1. The zero-order valence-electron chi connectivity index (χ0n) is 17.6. The van der Waals surface area contributed by atoms with Gasteiger partial charge in [-0.2, -0.15) is 11.8 Å². The molecule has 2 aromatic carbocycles. The van der Waals surface area contributed by atoms with Gasteiger partial charge in [-0.3, -0.25) is 9.69 Å². The highest BCUT2D eigenvalue weighted by Crippen LogP contribution is 2.23. The Hall–Kier alpha value is -2.77. The average molecular weight is 439 g/mol. The summed E-state index contributed by atoms with van der Waals surface area (Å²) in [6.45, 7) is 4.95. The molecule has 0 radical (unpaired) electrons. The number of carbonyl (C=O) groups excluding carboxylic acids is 1. The molecule has 1 fully saturated rings. The number of nitrogens with one attached hydrogen (secondary N) is 1. The monoisotopic (exact) mass is 438 g/mol. The van der Waals surface area contributed by atoms with E-state index in [1.165, 1.54) is 23.1 Å². The van der Waals surface area contributed by atoms with E-state index in [1.54, 1.807) is 12.1 Å². The lowest BCUT2D eigenvalue weighted by atomic mass is 10.1. The minimum atomic E-state index is -0.387. The second-order valence-electron chi connectivity index (χ2n) is 7.53. The Morgan fingerprint density at radius 3 is 2.81 bits per heavy atom. The first kappa shape index (κ1) is 21.5. The third-order valence-electron chi connectivity index (χ3n) is 5.27. The summed E-state index contributed by atoms with van der Waals surface area (Å²) < 4.78 is 10.9. The number of hydrogen-bond donors (Lipinski definition) is 1. The zero-order chi connectivity index (χ0) is 21.6. The molecule has 0 aliphatic carbocycles. The quantitative estimate of drug-likeness (QED) is 0.564. The highest BCUT2D eigenvalue weighted by Gasteiger charge is 2.12. The van der Waals surface area contributed by atoms with Crippen LogP contribution in [0.25, 0.3) is 11.0 Å². The van der Waals surface area contributed by atoms with E-state index in [9.17, 15) is 9.59 Å². The fraction of sp³-hybridized carbons (Fsp3) is 0.333. The van der Waals surface area contributed by atoms with E-state index in [0.717, 1.165) is 42.7 Å². The average Bonchev–Trinajstić information content (AvgIpc) is 2.77. The molecule has 6 nitrogen and oxygen atoms in total. The smallest absolute Gasteiger partial charge is 0.336 e. The van der Waals surface area contributed by atoms with Gasteiger partial charge in [0.1, 0.15) is 11.3 Å². The molecular weight excluding hydrogens is 412 g/mol. The van der Waals surface area contributed by atoms with Crippen LogP contribution in [-0.4, -0.2) is 42.0 Å². The molecule has 1 aliphatic heterocycles. The molecule has 162 valence electrons. The summed E-state index contributed by atoms with van der Waals surface area (Å²) in [4.78, 5) is 26.5. The SMILES string of the molecule is CCc1cc(=O)oc2cc(OCC(=O)Nc3cccc(CN4CCSCC4)c3)ccc12. The zero-order valence-corrected chi connectivity index (χ0v) is 18.4. The third kappa shape index (κ3) is 5.68. The van der Waals surface area contributed by atoms with Crippen molar-refractivity contribution < 1.29 is 13.9 Å². The van der Waals surface area contributed by atoms with Crippen LogP contribution >= 0.6 is 11.8 Å². The summed E-state index contributed by atoms with van der Waals surface area (Å²) in [6, 6.07) is 14.7. The highest BCUT2D eigenvalue weighted by atomic mass is 32.2. The number of rotatable bonds is 7. The molecule has 1 aromatic heterocycles. The van der Waals surface area contributed by atoms with Crippen molar-refractivity contribution >= 4 is 34.3 Å². The van der Waals surface area contributed by atoms with Crippen LogP contribution < -0.4 is 15.7 Å². The molecule has 0 spiro atoms. The van der Waals surface area contributed by atoms with Crippen LogP contribution in [0.5, 0.6) is 5.75 Å². The van der Waals surface area contributed by atoms with Crippen molar-refractivity contribution in [3.8, 4) is 5.75 Å². The summed E-state index contributed by atoms with van der Waals surface area (Å²) in [6.07, 6.45) is 0.737. The molecule has 7 heteroatoms. The van der Waals surface area contributed by atoms with Crippen LogP contribution in [0.4, 0.5) is 5.69 Å². The van der Waals surface area contributed by atoms with Gasteiger partial charge in [0.25, 0.3) is 5.91 Å². The van der Waals surface area contributed by atoms with Crippen LogP contribution in [-0.2, 0) is 17.8 Å². The number of anilines is 1. The summed E-state index contributed by atoms with van der Waals surface area (Å²) in [7, 11) is 0. The fourth-order valence-electron chi connectivity index (χ4n) is 3.70. The van der Waals surface area contributed by atoms with Gasteiger partial charge in [0.2, 0.25) is 0 Å². The second kappa shape index (κ2) is 10.0. The van der Waals surface area contributed by atoms with Gasteiger partial charge in [0, 0.05) is 54.3 Å². The number of benzene rings is 2. The van der Waals surface area contributed by atoms with E-state index in [0.29, 0.717) is 11.3 Å². The standard InChI is InChI=1S/C24H26N2O4S/c1-2-18-13-24(28)30-22-14-20(6-7-21(18)22)29-16-23(27)25-19-5-3-4-17(12-19)15-26-8-10-31-11-9-26/h3-7,12-14H,2,8-11,15-16H2,1H3,(H,25,27). The molecular formula is C24H26N2O4S. The minimum absolute atomic E-state index is 0.128. The van der Waals surface area contributed by atoms with Crippen LogP contribution in [0.15, 0.2) is 57.7 Å². The van der Waals surface area contributed by atoms with Crippen LogP contribution in [0.1, 0.15) is 18.1 Å². The number of thioether (sulfide) groups is 1. The Morgan fingerprint density at radius 2 is 2.00 bits per heavy atom. The van der Waals surface area contributed by atoms with E-state index < -0.39 is 0 Å². The van der Waals surface area contributed by atoms with Crippen molar-refractivity contribution in [1.29, 1.82) is 0 Å². The van der Waals surface area contributed by atoms with Gasteiger partial charge >= 0.3 is 5.63 Å². The summed E-state index contributed by atoms with van der Waals surface area (Å²) in [5.41, 5.74) is 2.95. The molecule has 3 aromatic rings. The van der Waals surface area contributed by atoms with Crippen molar-refractivity contribution in [3.05, 3.63) is 70.1 Å². The maximum absolute atomic E-state index is 12.4. The molecule has 0 bridgehead atoms.